The van der Waals surface area contributed by atoms with Crippen molar-refractivity contribution in [3.8, 4) is 0 Å². The van der Waals surface area contributed by atoms with Crippen molar-refractivity contribution in [3.05, 3.63) is 46.1 Å². The molecule has 0 aromatic carbocycles. The van der Waals surface area contributed by atoms with E-state index in [0.717, 1.165) is 11.1 Å². The molecule has 1 heteroatoms. The molecular formula is C13H19Ir. The van der Waals surface area contributed by atoms with Crippen LogP contribution in [0.3, 0.4) is 0 Å². The van der Waals surface area contributed by atoms with Crippen LogP contribution in [0, 0.1) is 0 Å². The third kappa shape index (κ3) is 5.36. The molecule has 0 saturated heterocycles. The second-order valence-electron chi connectivity index (χ2n) is 3.42. The minimum absolute atomic E-state index is 1.06. The van der Waals surface area contributed by atoms with Crippen LogP contribution in [0.4, 0.5) is 0 Å². The average molecular weight is 368 g/mol. The van der Waals surface area contributed by atoms with E-state index in [0.29, 0.717) is 0 Å². The molecule has 0 aromatic heterocycles. The second-order valence-corrected chi connectivity index (χ2v) is 4.87. The van der Waals surface area contributed by atoms with Crippen molar-refractivity contribution >= 4 is 0 Å². The van der Waals surface area contributed by atoms with Gasteiger partial charge in [-0.05, 0) is 13.8 Å². The fourth-order valence-corrected chi connectivity index (χ4v) is 1.72. The van der Waals surface area contributed by atoms with Crippen molar-refractivity contribution in [1.29, 1.82) is 0 Å². The Morgan fingerprint density at radius 2 is 1.86 bits per heavy atom. The Morgan fingerprint density at radius 3 is 2.00 bits per heavy atom. The molecule has 0 aromatic rings. The fourth-order valence-electron chi connectivity index (χ4n) is 0.819. The zero-order chi connectivity index (χ0) is 11.1. The molecule has 0 amide bonds. The Labute approximate surface area is 98.6 Å². The van der Waals surface area contributed by atoms with Crippen LogP contribution >= 0.6 is 0 Å². The summed E-state index contributed by atoms with van der Waals surface area (Å²) in [6, 6.07) is 0. The molecule has 0 atom stereocenters. The molecule has 0 spiro atoms. The Balaban J connectivity index is 0.000000255. The Kier molecular flexibility index (Phi) is 6.78. The summed E-state index contributed by atoms with van der Waals surface area (Å²) in [7, 11) is 0. The van der Waals surface area contributed by atoms with Crippen LogP contribution in [-0.4, -0.2) is 0 Å². The Bertz CT molecular complexity index is 268. The first-order valence-corrected chi connectivity index (χ1v) is 6.02. The summed E-state index contributed by atoms with van der Waals surface area (Å²) in [5, 5.41) is 0. The molecule has 0 N–H and O–H groups in total. The zero-order valence-corrected chi connectivity index (χ0v) is 11.7. The van der Waals surface area contributed by atoms with Gasteiger partial charge in [0.15, 0.2) is 0 Å². The SMILES string of the molecule is C=C(C)C(=C)C.CCC1=[C]([Ir])CC=C1. The van der Waals surface area contributed by atoms with E-state index < -0.39 is 0 Å². The summed E-state index contributed by atoms with van der Waals surface area (Å²) < 4.78 is 1.55. The van der Waals surface area contributed by atoms with Crippen LogP contribution in [0.15, 0.2) is 46.1 Å². The van der Waals surface area contributed by atoms with E-state index in [1.165, 1.54) is 18.4 Å². The van der Waals surface area contributed by atoms with Gasteiger partial charge in [-0.15, -0.1) is 0 Å². The average Bonchev–Trinajstić information content (AvgIpc) is 2.51. The molecule has 0 fully saturated rings. The van der Waals surface area contributed by atoms with E-state index in [1.807, 2.05) is 13.8 Å². The predicted molar refractivity (Wildman–Crippen MR) is 60.7 cm³/mol. The summed E-state index contributed by atoms with van der Waals surface area (Å²) in [4.78, 5) is 0. The molecule has 1 aliphatic carbocycles. The normalized spacial score (nSPS) is 13.8. The predicted octanol–water partition coefficient (Wildman–Crippen LogP) is 4.30. The quantitative estimate of drug-likeness (QED) is 0.639. The Morgan fingerprint density at radius 1 is 1.36 bits per heavy atom. The monoisotopic (exact) mass is 368 g/mol. The van der Waals surface area contributed by atoms with Crippen molar-refractivity contribution in [2.75, 3.05) is 0 Å². The van der Waals surface area contributed by atoms with Gasteiger partial charge in [-0.3, -0.25) is 0 Å². The van der Waals surface area contributed by atoms with E-state index in [9.17, 15) is 0 Å². The van der Waals surface area contributed by atoms with Gasteiger partial charge in [-0.25, -0.2) is 0 Å². The first-order chi connectivity index (χ1) is 6.49. The van der Waals surface area contributed by atoms with Crippen LogP contribution in [0.25, 0.3) is 0 Å². The van der Waals surface area contributed by atoms with Crippen molar-refractivity contribution in [1.82, 2.24) is 0 Å². The third-order valence-corrected chi connectivity index (χ3v) is 3.31. The van der Waals surface area contributed by atoms with E-state index in [2.05, 4.69) is 51.1 Å². The zero-order valence-electron chi connectivity index (χ0n) is 9.32. The molecule has 1 rings (SSSR count). The van der Waals surface area contributed by atoms with Gasteiger partial charge in [0.05, 0.1) is 0 Å². The number of allylic oxidation sites excluding steroid dienone is 6. The molecule has 0 saturated carbocycles. The van der Waals surface area contributed by atoms with E-state index >= 15 is 0 Å². The van der Waals surface area contributed by atoms with Crippen LogP contribution in [0.1, 0.15) is 33.6 Å². The van der Waals surface area contributed by atoms with Gasteiger partial charge in [0.2, 0.25) is 0 Å². The van der Waals surface area contributed by atoms with Gasteiger partial charge < -0.3 is 0 Å². The molecule has 0 unspecified atom stereocenters. The van der Waals surface area contributed by atoms with Gasteiger partial charge in [0.25, 0.3) is 0 Å². The third-order valence-electron chi connectivity index (χ3n) is 2.05. The molecule has 1 aliphatic rings. The van der Waals surface area contributed by atoms with Gasteiger partial charge in [0, 0.05) is 0 Å². The van der Waals surface area contributed by atoms with Crippen molar-refractivity contribution < 1.29 is 18.9 Å². The second kappa shape index (κ2) is 6.97. The topological polar surface area (TPSA) is 0 Å². The van der Waals surface area contributed by atoms with Crippen LogP contribution in [0.5, 0.6) is 0 Å². The molecular weight excluding hydrogens is 348 g/mol. The molecule has 14 heavy (non-hydrogen) atoms. The van der Waals surface area contributed by atoms with Gasteiger partial charge in [0.1, 0.15) is 0 Å². The molecule has 0 nitrogen and oxygen atoms in total. The number of rotatable bonds is 2. The Hall–Kier alpha value is -0.391. The fraction of sp³-hybridized carbons (Fsp3) is 0.385. The van der Waals surface area contributed by atoms with Gasteiger partial charge in [-0.2, -0.15) is 0 Å². The van der Waals surface area contributed by atoms with E-state index in [1.54, 1.807) is 4.09 Å². The minimum atomic E-state index is 1.06. The van der Waals surface area contributed by atoms with Crippen LogP contribution < -0.4 is 0 Å². The van der Waals surface area contributed by atoms with Crippen LogP contribution in [0.2, 0.25) is 0 Å². The summed E-state index contributed by atoms with van der Waals surface area (Å²) in [5.41, 5.74) is 3.66. The standard InChI is InChI=1S/C7H9.C6H10.Ir/c1-2-7-5-3-4-6-7;1-5(2)6(3)4;/h3,5H,2,4H2,1H3;1,3H2,2,4H3;. The summed E-state index contributed by atoms with van der Waals surface area (Å²) >= 11 is 2.21. The summed E-state index contributed by atoms with van der Waals surface area (Å²) in [6.07, 6.45) is 6.84. The molecule has 80 valence electrons. The number of hydrogen-bond acceptors (Lipinski definition) is 0. The van der Waals surface area contributed by atoms with Crippen LogP contribution in [-0.2, 0) is 18.9 Å². The molecule has 0 radical (unpaired) electrons. The van der Waals surface area contributed by atoms with Crippen molar-refractivity contribution in [2.24, 2.45) is 0 Å². The van der Waals surface area contributed by atoms with E-state index in [-0.39, 0.29) is 0 Å². The first-order valence-electron chi connectivity index (χ1n) is 4.82. The van der Waals surface area contributed by atoms with Gasteiger partial charge >= 0.3 is 60.5 Å². The summed E-state index contributed by atoms with van der Waals surface area (Å²) in [6.45, 7) is 13.4. The first kappa shape index (κ1) is 13.6. The molecule has 0 aliphatic heterocycles. The maximum absolute atomic E-state index is 3.66. The summed E-state index contributed by atoms with van der Waals surface area (Å²) in [5.74, 6) is 0. The van der Waals surface area contributed by atoms with Gasteiger partial charge in [-0.1, -0.05) is 24.3 Å². The van der Waals surface area contributed by atoms with E-state index in [4.69, 9.17) is 0 Å². The number of hydrogen-bond donors (Lipinski definition) is 0. The molecule has 0 bridgehead atoms. The maximum atomic E-state index is 3.66. The van der Waals surface area contributed by atoms with Crippen molar-refractivity contribution in [2.45, 2.75) is 33.6 Å². The molecule has 0 heterocycles. The van der Waals surface area contributed by atoms with Crippen molar-refractivity contribution in [3.63, 3.8) is 0 Å².